The molecular formula is C12H19N3O2. The lowest BCUT2D eigenvalue weighted by molar-refractivity contribution is -0.140. The summed E-state index contributed by atoms with van der Waals surface area (Å²) < 4.78 is 4.61. The molecule has 94 valence electrons. The van der Waals surface area contributed by atoms with Crippen LogP contribution in [0.5, 0.6) is 0 Å². The lowest BCUT2D eigenvalue weighted by Crippen LogP contribution is -2.23. The summed E-state index contributed by atoms with van der Waals surface area (Å²) >= 11 is 0. The van der Waals surface area contributed by atoms with Crippen LogP contribution >= 0.6 is 0 Å². The average molecular weight is 237 g/mol. The zero-order valence-corrected chi connectivity index (χ0v) is 10.9. The van der Waals surface area contributed by atoms with Gasteiger partial charge in [-0.25, -0.2) is 9.97 Å². The first-order valence-electron chi connectivity index (χ1n) is 5.69. The number of hydrogen-bond acceptors (Lipinski definition) is 5. The summed E-state index contributed by atoms with van der Waals surface area (Å²) in [5.41, 5.74) is 1.01. The van der Waals surface area contributed by atoms with E-state index in [4.69, 9.17) is 0 Å². The highest BCUT2D eigenvalue weighted by atomic mass is 16.5. The molecule has 1 aromatic heterocycles. The molecule has 0 aliphatic carbocycles. The molecule has 0 aliphatic heterocycles. The molecule has 0 N–H and O–H groups in total. The molecule has 0 unspecified atom stereocenters. The fraction of sp³-hybridized carbons (Fsp3) is 0.583. The molecule has 0 saturated heterocycles. The van der Waals surface area contributed by atoms with Crippen molar-refractivity contribution < 1.29 is 9.53 Å². The summed E-state index contributed by atoms with van der Waals surface area (Å²) in [6.45, 7) is 4.52. The Labute approximate surface area is 102 Å². The fourth-order valence-corrected chi connectivity index (χ4v) is 1.46. The maximum absolute atomic E-state index is 11.1. The Balaban J connectivity index is 2.71. The molecule has 0 amide bonds. The highest BCUT2D eigenvalue weighted by molar-refractivity contribution is 5.69. The van der Waals surface area contributed by atoms with Crippen LogP contribution in [0.3, 0.4) is 0 Å². The number of rotatable bonds is 5. The normalized spacial score (nSPS) is 10.1. The molecule has 0 spiro atoms. The minimum atomic E-state index is -0.210. The van der Waals surface area contributed by atoms with Crippen molar-refractivity contribution in [3.8, 4) is 0 Å². The number of methoxy groups -OCH3 is 1. The Kier molecular flexibility index (Phi) is 4.87. The lowest BCUT2D eigenvalue weighted by Gasteiger charge is -2.18. The van der Waals surface area contributed by atoms with Gasteiger partial charge in [0.05, 0.1) is 13.5 Å². The van der Waals surface area contributed by atoms with E-state index in [2.05, 4.69) is 21.6 Å². The van der Waals surface area contributed by atoms with Crippen LogP contribution in [0.15, 0.2) is 6.07 Å². The van der Waals surface area contributed by atoms with Crippen LogP contribution in [-0.2, 0) is 16.0 Å². The number of nitrogens with zero attached hydrogens (tertiary/aromatic N) is 3. The molecule has 5 heteroatoms. The Hall–Kier alpha value is -1.65. The van der Waals surface area contributed by atoms with E-state index < -0.39 is 0 Å². The second-order valence-electron chi connectivity index (χ2n) is 3.87. The Morgan fingerprint density at radius 1 is 1.47 bits per heavy atom. The number of esters is 1. The number of carbonyl (C=O) groups excluding carboxylic acids is 1. The zero-order chi connectivity index (χ0) is 12.8. The third-order valence-electron chi connectivity index (χ3n) is 2.51. The summed E-state index contributed by atoms with van der Waals surface area (Å²) in [6, 6.07) is 1.95. The molecular weight excluding hydrogens is 218 g/mol. The molecule has 0 radical (unpaired) electrons. The van der Waals surface area contributed by atoms with Crippen LogP contribution < -0.4 is 4.90 Å². The summed E-state index contributed by atoms with van der Waals surface area (Å²) in [5.74, 6) is 1.39. The first kappa shape index (κ1) is 13.4. The molecule has 1 heterocycles. The minimum absolute atomic E-state index is 0.210. The third kappa shape index (κ3) is 4.01. The number of carbonyl (C=O) groups is 1. The van der Waals surface area contributed by atoms with Crippen molar-refractivity contribution in [2.45, 2.75) is 26.7 Å². The number of ether oxygens (including phenoxy) is 1. The number of anilines is 1. The number of aromatic nitrogens is 2. The summed E-state index contributed by atoms with van der Waals surface area (Å²) in [6.07, 6.45) is 1.23. The fourth-order valence-electron chi connectivity index (χ4n) is 1.46. The van der Waals surface area contributed by atoms with Crippen molar-refractivity contribution in [3.05, 3.63) is 17.6 Å². The van der Waals surface area contributed by atoms with E-state index in [0.29, 0.717) is 13.0 Å². The molecule has 17 heavy (non-hydrogen) atoms. The smallest absolute Gasteiger partial charge is 0.307 e. The quantitative estimate of drug-likeness (QED) is 0.723. The second-order valence-corrected chi connectivity index (χ2v) is 3.87. The largest absolute Gasteiger partial charge is 0.469 e. The van der Waals surface area contributed by atoms with Gasteiger partial charge in [0.15, 0.2) is 0 Å². The van der Waals surface area contributed by atoms with Gasteiger partial charge in [-0.15, -0.1) is 0 Å². The summed E-state index contributed by atoms with van der Waals surface area (Å²) in [5, 5.41) is 0. The highest BCUT2D eigenvalue weighted by Crippen LogP contribution is 2.12. The van der Waals surface area contributed by atoms with Crippen LogP contribution in [-0.4, -0.2) is 36.6 Å². The van der Waals surface area contributed by atoms with Crippen LogP contribution in [0.25, 0.3) is 0 Å². The molecule has 5 nitrogen and oxygen atoms in total. The van der Waals surface area contributed by atoms with E-state index in [1.807, 2.05) is 24.9 Å². The standard InChI is InChI=1S/C12H19N3O2/c1-5-10-8-11(14-9(2)13-10)15(3)7-6-12(16)17-4/h8H,5-7H2,1-4H3. The maximum Gasteiger partial charge on any atom is 0.307 e. The van der Waals surface area contributed by atoms with Gasteiger partial charge in [-0.3, -0.25) is 4.79 Å². The SMILES string of the molecule is CCc1cc(N(C)CCC(=O)OC)nc(C)n1. The number of hydrogen-bond donors (Lipinski definition) is 0. The molecule has 0 bridgehead atoms. The Bertz CT molecular complexity index is 393. The highest BCUT2D eigenvalue weighted by Gasteiger charge is 2.08. The summed E-state index contributed by atoms with van der Waals surface area (Å²) in [7, 11) is 3.30. The molecule has 0 aliphatic rings. The third-order valence-corrected chi connectivity index (χ3v) is 2.51. The van der Waals surface area contributed by atoms with Crippen molar-refractivity contribution in [1.82, 2.24) is 9.97 Å². The Morgan fingerprint density at radius 2 is 2.18 bits per heavy atom. The van der Waals surface area contributed by atoms with Gasteiger partial charge < -0.3 is 9.64 Å². The van der Waals surface area contributed by atoms with E-state index in [0.717, 1.165) is 23.8 Å². The average Bonchev–Trinajstić information content (AvgIpc) is 2.34. The Morgan fingerprint density at radius 3 is 2.76 bits per heavy atom. The van der Waals surface area contributed by atoms with Gasteiger partial charge in [-0.05, 0) is 13.3 Å². The maximum atomic E-state index is 11.1. The van der Waals surface area contributed by atoms with Gasteiger partial charge in [-0.2, -0.15) is 0 Å². The van der Waals surface area contributed by atoms with Gasteiger partial charge in [-0.1, -0.05) is 6.92 Å². The molecule has 0 atom stereocenters. The van der Waals surface area contributed by atoms with Crippen molar-refractivity contribution in [1.29, 1.82) is 0 Å². The number of aryl methyl sites for hydroxylation is 2. The van der Waals surface area contributed by atoms with E-state index >= 15 is 0 Å². The minimum Gasteiger partial charge on any atom is -0.469 e. The monoisotopic (exact) mass is 237 g/mol. The summed E-state index contributed by atoms with van der Waals surface area (Å²) in [4.78, 5) is 21.7. The molecule has 0 fully saturated rings. The van der Waals surface area contributed by atoms with Gasteiger partial charge >= 0.3 is 5.97 Å². The van der Waals surface area contributed by atoms with E-state index in [9.17, 15) is 4.79 Å². The van der Waals surface area contributed by atoms with E-state index in [-0.39, 0.29) is 5.97 Å². The second kappa shape index (κ2) is 6.18. The van der Waals surface area contributed by atoms with Crippen molar-refractivity contribution in [3.63, 3.8) is 0 Å². The topological polar surface area (TPSA) is 55.3 Å². The van der Waals surface area contributed by atoms with Crippen LogP contribution in [0, 0.1) is 6.92 Å². The van der Waals surface area contributed by atoms with Crippen molar-refractivity contribution >= 4 is 11.8 Å². The van der Waals surface area contributed by atoms with Crippen molar-refractivity contribution in [2.75, 3.05) is 25.6 Å². The van der Waals surface area contributed by atoms with E-state index in [1.165, 1.54) is 7.11 Å². The molecule has 1 rings (SSSR count). The first-order valence-corrected chi connectivity index (χ1v) is 5.69. The zero-order valence-electron chi connectivity index (χ0n) is 10.9. The van der Waals surface area contributed by atoms with Crippen LogP contribution in [0.4, 0.5) is 5.82 Å². The van der Waals surface area contributed by atoms with Crippen molar-refractivity contribution in [2.24, 2.45) is 0 Å². The van der Waals surface area contributed by atoms with Crippen LogP contribution in [0.2, 0.25) is 0 Å². The van der Waals surface area contributed by atoms with Gasteiger partial charge in [0.25, 0.3) is 0 Å². The van der Waals surface area contributed by atoms with Gasteiger partial charge in [0, 0.05) is 25.4 Å². The predicted molar refractivity (Wildman–Crippen MR) is 66.1 cm³/mol. The molecule has 0 saturated carbocycles. The van der Waals surface area contributed by atoms with Gasteiger partial charge in [0.2, 0.25) is 0 Å². The van der Waals surface area contributed by atoms with Crippen LogP contribution in [0.1, 0.15) is 24.9 Å². The first-order chi connectivity index (χ1) is 8.06. The van der Waals surface area contributed by atoms with E-state index in [1.54, 1.807) is 0 Å². The predicted octanol–water partition coefficient (Wildman–Crippen LogP) is 1.35. The lowest BCUT2D eigenvalue weighted by atomic mass is 10.3. The molecule has 1 aromatic rings. The molecule has 0 aromatic carbocycles. The van der Waals surface area contributed by atoms with Gasteiger partial charge in [0.1, 0.15) is 11.6 Å².